The molecule has 1 aliphatic rings. The molecule has 4 rings (SSSR count). The molecule has 1 unspecified atom stereocenters. The van der Waals surface area contributed by atoms with Gasteiger partial charge in [0, 0.05) is 43.8 Å². The average Bonchev–Trinajstić information content (AvgIpc) is 2.80. The van der Waals surface area contributed by atoms with Crippen LogP contribution in [0.4, 0.5) is 0 Å². The molecule has 1 aliphatic heterocycles. The number of nitrogens with one attached hydrogen (secondary N) is 1. The quantitative estimate of drug-likeness (QED) is 0.640. The minimum atomic E-state index is 0.677. The van der Waals surface area contributed by atoms with Gasteiger partial charge in [0.15, 0.2) is 5.82 Å². The van der Waals surface area contributed by atoms with Crippen LogP contribution in [-0.4, -0.2) is 46.0 Å². The molecular weight excluding hydrogens is 358 g/mol. The summed E-state index contributed by atoms with van der Waals surface area (Å²) in [7, 11) is 0. The Morgan fingerprint density at radius 2 is 1.76 bits per heavy atom. The third-order valence-electron chi connectivity index (χ3n) is 5.52. The summed E-state index contributed by atoms with van der Waals surface area (Å²) in [5.74, 6) is 1.39. The highest BCUT2D eigenvalue weighted by atomic mass is 15.1. The van der Waals surface area contributed by atoms with Crippen LogP contribution >= 0.6 is 0 Å². The number of hydrogen-bond donors (Lipinski definition) is 1. The minimum absolute atomic E-state index is 0.677. The standard InChI is InChI=1S/C24H29N5/c1-2-7-20(8-3-1)11-14-29-13-6-9-21(19-29)15-25-16-22-17-27-24(28-18-22)23-10-4-5-12-26-23/h1-5,7-8,10,12,17-18,21,25H,6,9,11,13-16,19H2. The van der Waals surface area contributed by atoms with E-state index in [2.05, 4.69) is 55.5 Å². The molecule has 2 aromatic heterocycles. The van der Waals surface area contributed by atoms with Crippen molar-refractivity contribution in [3.05, 3.63) is 78.2 Å². The molecule has 29 heavy (non-hydrogen) atoms. The van der Waals surface area contributed by atoms with Crippen LogP contribution in [-0.2, 0) is 13.0 Å². The molecule has 150 valence electrons. The molecule has 1 fully saturated rings. The predicted octanol–water partition coefficient (Wildman–Crippen LogP) is 3.58. The molecule has 1 atom stereocenters. The molecule has 0 spiro atoms. The van der Waals surface area contributed by atoms with Gasteiger partial charge in [0.2, 0.25) is 0 Å². The van der Waals surface area contributed by atoms with E-state index in [1.807, 2.05) is 30.6 Å². The zero-order valence-corrected chi connectivity index (χ0v) is 16.9. The number of benzene rings is 1. The van der Waals surface area contributed by atoms with E-state index in [0.717, 1.165) is 37.3 Å². The van der Waals surface area contributed by atoms with Crippen molar-refractivity contribution in [2.45, 2.75) is 25.8 Å². The van der Waals surface area contributed by atoms with Crippen LogP contribution in [0, 0.1) is 5.92 Å². The van der Waals surface area contributed by atoms with Gasteiger partial charge < -0.3 is 10.2 Å². The first-order valence-corrected chi connectivity index (χ1v) is 10.6. The van der Waals surface area contributed by atoms with Gasteiger partial charge in [-0.2, -0.15) is 0 Å². The van der Waals surface area contributed by atoms with Crippen LogP contribution in [0.5, 0.6) is 0 Å². The van der Waals surface area contributed by atoms with Crippen molar-refractivity contribution in [3.63, 3.8) is 0 Å². The molecule has 3 heterocycles. The van der Waals surface area contributed by atoms with E-state index < -0.39 is 0 Å². The van der Waals surface area contributed by atoms with Crippen molar-refractivity contribution in [3.8, 4) is 11.5 Å². The van der Waals surface area contributed by atoms with Crippen molar-refractivity contribution < 1.29 is 0 Å². The van der Waals surface area contributed by atoms with Crippen LogP contribution in [0.15, 0.2) is 67.1 Å². The number of piperidine rings is 1. The minimum Gasteiger partial charge on any atom is -0.312 e. The van der Waals surface area contributed by atoms with E-state index in [0.29, 0.717) is 11.7 Å². The van der Waals surface area contributed by atoms with E-state index >= 15 is 0 Å². The lowest BCUT2D eigenvalue weighted by atomic mass is 9.97. The summed E-state index contributed by atoms with van der Waals surface area (Å²) in [5.41, 5.74) is 3.35. The summed E-state index contributed by atoms with van der Waals surface area (Å²) in [6.45, 7) is 5.43. The summed E-state index contributed by atoms with van der Waals surface area (Å²) in [5, 5.41) is 3.60. The lowest BCUT2D eigenvalue weighted by Gasteiger charge is -2.33. The molecule has 1 aromatic carbocycles. The molecule has 0 bridgehead atoms. The van der Waals surface area contributed by atoms with Gasteiger partial charge in [-0.05, 0) is 56.0 Å². The van der Waals surface area contributed by atoms with Crippen LogP contribution in [0.25, 0.3) is 11.5 Å². The lowest BCUT2D eigenvalue weighted by molar-refractivity contribution is 0.174. The molecule has 5 heteroatoms. The van der Waals surface area contributed by atoms with Gasteiger partial charge in [-0.3, -0.25) is 4.98 Å². The predicted molar refractivity (Wildman–Crippen MR) is 116 cm³/mol. The average molecular weight is 388 g/mol. The first-order chi connectivity index (χ1) is 14.4. The second kappa shape index (κ2) is 10.2. The molecular formula is C24H29N5. The van der Waals surface area contributed by atoms with E-state index in [-0.39, 0.29) is 0 Å². The second-order valence-electron chi connectivity index (χ2n) is 7.81. The first kappa shape index (κ1) is 19.7. The first-order valence-electron chi connectivity index (χ1n) is 10.6. The van der Waals surface area contributed by atoms with Crippen LogP contribution in [0.3, 0.4) is 0 Å². The van der Waals surface area contributed by atoms with Gasteiger partial charge in [-0.25, -0.2) is 9.97 Å². The van der Waals surface area contributed by atoms with Crippen molar-refractivity contribution >= 4 is 0 Å². The number of rotatable bonds is 8. The Kier molecular flexibility index (Phi) is 6.94. The summed E-state index contributed by atoms with van der Waals surface area (Å²) in [4.78, 5) is 15.8. The van der Waals surface area contributed by atoms with Crippen LogP contribution in [0.1, 0.15) is 24.0 Å². The molecule has 0 amide bonds. The van der Waals surface area contributed by atoms with E-state index in [1.54, 1.807) is 6.20 Å². The smallest absolute Gasteiger partial charge is 0.178 e. The highest BCUT2D eigenvalue weighted by molar-refractivity contribution is 5.47. The largest absolute Gasteiger partial charge is 0.312 e. The Morgan fingerprint density at radius 3 is 2.55 bits per heavy atom. The SMILES string of the molecule is c1ccc(CCN2CCCC(CNCc3cnc(-c4ccccn4)nc3)C2)cc1. The molecule has 5 nitrogen and oxygen atoms in total. The van der Waals surface area contributed by atoms with Crippen molar-refractivity contribution in [1.29, 1.82) is 0 Å². The zero-order valence-electron chi connectivity index (χ0n) is 16.9. The summed E-state index contributed by atoms with van der Waals surface area (Å²) in [6, 6.07) is 16.6. The monoisotopic (exact) mass is 387 g/mol. The zero-order chi connectivity index (χ0) is 19.7. The number of hydrogen-bond acceptors (Lipinski definition) is 5. The number of likely N-dealkylation sites (tertiary alicyclic amines) is 1. The van der Waals surface area contributed by atoms with Crippen molar-refractivity contribution in [2.24, 2.45) is 5.92 Å². The van der Waals surface area contributed by atoms with Gasteiger partial charge in [-0.15, -0.1) is 0 Å². The van der Waals surface area contributed by atoms with Crippen LogP contribution in [0.2, 0.25) is 0 Å². The topological polar surface area (TPSA) is 53.9 Å². The number of nitrogens with zero attached hydrogens (tertiary/aromatic N) is 4. The molecule has 0 aliphatic carbocycles. The van der Waals surface area contributed by atoms with Crippen molar-refractivity contribution in [1.82, 2.24) is 25.2 Å². The number of aromatic nitrogens is 3. The number of pyridine rings is 1. The summed E-state index contributed by atoms with van der Waals surface area (Å²) < 4.78 is 0. The fourth-order valence-electron chi connectivity index (χ4n) is 3.95. The van der Waals surface area contributed by atoms with Crippen molar-refractivity contribution in [2.75, 3.05) is 26.2 Å². The van der Waals surface area contributed by atoms with E-state index in [1.165, 1.54) is 31.5 Å². The maximum Gasteiger partial charge on any atom is 0.178 e. The third kappa shape index (κ3) is 5.92. The maximum atomic E-state index is 4.46. The third-order valence-corrected chi connectivity index (χ3v) is 5.52. The van der Waals surface area contributed by atoms with Crippen LogP contribution < -0.4 is 5.32 Å². The molecule has 0 radical (unpaired) electrons. The fraction of sp³-hybridized carbons (Fsp3) is 0.375. The van der Waals surface area contributed by atoms with E-state index in [9.17, 15) is 0 Å². The Morgan fingerprint density at radius 1 is 0.931 bits per heavy atom. The Balaban J connectivity index is 1.20. The molecule has 0 saturated carbocycles. The van der Waals surface area contributed by atoms with Gasteiger partial charge in [-0.1, -0.05) is 36.4 Å². The van der Waals surface area contributed by atoms with Gasteiger partial charge >= 0.3 is 0 Å². The maximum absolute atomic E-state index is 4.46. The second-order valence-corrected chi connectivity index (χ2v) is 7.81. The normalized spacial score (nSPS) is 17.3. The molecule has 1 saturated heterocycles. The lowest BCUT2D eigenvalue weighted by Crippen LogP contribution is -2.40. The highest BCUT2D eigenvalue weighted by Gasteiger charge is 2.19. The fourth-order valence-corrected chi connectivity index (χ4v) is 3.95. The van der Waals surface area contributed by atoms with Gasteiger partial charge in [0.1, 0.15) is 5.69 Å². The Hall–Kier alpha value is -2.63. The van der Waals surface area contributed by atoms with Gasteiger partial charge in [0.05, 0.1) is 0 Å². The van der Waals surface area contributed by atoms with E-state index in [4.69, 9.17) is 0 Å². The Bertz CT molecular complexity index is 851. The summed E-state index contributed by atoms with van der Waals surface area (Å²) >= 11 is 0. The van der Waals surface area contributed by atoms with Gasteiger partial charge in [0.25, 0.3) is 0 Å². The molecule has 1 N–H and O–H groups in total. The highest BCUT2D eigenvalue weighted by Crippen LogP contribution is 2.17. The molecule has 3 aromatic rings. The summed E-state index contributed by atoms with van der Waals surface area (Å²) in [6.07, 6.45) is 9.31. The Labute approximate surface area is 173 Å².